The Bertz CT molecular complexity index is 341. The molecule has 0 aromatic carbocycles. The molecule has 0 unspecified atom stereocenters. The van der Waals surface area contributed by atoms with E-state index in [0.717, 1.165) is 5.33 Å². The standard InChI is InChI=1S/C12H20BrNS/c1-11(2,3)9-8(7-13)15-10(14-9)12(4,5)6/h7H2,1-6H3. The van der Waals surface area contributed by atoms with Crippen molar-refractivity contribution in [3.8, 4) is 0 Å². The van der Waals surface area contributed by atoms with E-state index in [-0.39, 0.29) is 10.8 Å². The van der Waals surface area contributed by atoms with Gasteiger partial charge in [0, 0.05) is 21.0 Å². The van der Waals surface area contributed by atoms with Crippen LogP contribution in [0, 0.1) is 0 Å². The fourth-order valence-electron chi connectivity index (χ4n) is 1.35. The molecule has 0 amide bonds. The molecule has 0 saturated heterocycles. The molecule has 0 atom stereocenters. The van der Waals surface area contributed by atoms with Gasteiger partial charge in [0.1, 0.15) is 0 Å². The van der Waals surface area contributed by atoms with E-state index in [4.69, 9.17) is 4.98 Å². The highest BCUT2D eigenvalue weighted by Gasteiger charge is 2.26. The molecular weight excluding hydrogens is 270 g/mol. The predicted molar refractivity (Wildman–Crippen MR) is 72.1 cm³/mol. The van der Waals surface area contributed by atoms with Crippen LogP contribution in [0.5, 0.6) is 0 Å². The zero-order valence-corrected chi connectivity index (χ0v) is 12.8. The molecule has 1 nitrogen and oxygen atoms in total. The predicted octanol–water partition coefficient (Wildman–Crippen LogP) is 4.63. The lowest BCUT2D eigenvalue weighted by Crippen LogP contribution is -2.16. The highest BCUT2D eigenvalue weighted by Crippen LogP contribution is 2.35. The summed E-state index contributed by atoms with van der Waals surface area (Å²) in [5.41, 5.74) is 1.54. The van der Waals surface area contributed by atoms with Crippen LogP contribution in [0.25, 0.3) is 0 Å². The van der Waals surface area contributed by atoms with Crippen molar-refractivity contribution in [2.24, 2.45) is 0 Å². The Balaban J connectivity index is 3.24. The highest BCUT2D eigenvalue weighted by atomic mass is 79.9. The van der Waals surface area contributed by atoms with Crippen LogP contribution in [0.2, 0.25) is 0 Å². The highest BCUT2D eigenvalue weighted by molar-refractivity contribution is 9.08. The van der Waals surface area contributed by atoms with Gasteiger partial charge in [-0.3, -0.25) is 0 Å². The van der Waals surface area contributed by atoms with Gasteiger partial charge in [-0.15, -0.1) is 11.3 Å². The second-order valence-corrected chi connectivity index (χ2v) is 7.57. The Morgan fingerprint density at radius 2 is 1.60 bits per heavy atom. The summed E-state index contributed by atoms with van der Waals surface area (Å²) in [7, 11) is 0. The van der Waals surface area contributed by atoms with Crippen molar-refractivity contribution in [3.63, 3.8) is 0 Å². The topological polar surface area (TPSA) is 12.9 Å². The summed E-state index contributed by atoms with van der Waals surface area (Å²) in [5.74, 6) is 0. The zero-order valence-electron chi connectivity index (χ0n) is 10.4. The molecule has 0 fully saturated rings. The van der Waals surface area contributed by atoms with Gasteiger partial charge in [0.25, 0.3) is 0 Å². The number of alkyl halides is 1. The summed E-state index contributed by atoms with van der Waals surface area (Å²) in [4.78, 5) is 6.18. The van der Waals surface area contributed by atoms with Crippen LogP contribution in [0.1, 0.15) is 57.1 Å². The van der Waals surface area contributed by atoms with Gasteiger partial charge in [-0.2, -0.15) is 0 Å². The summed E-state index contributed by atoms with van der Waals surface area (Å²) in [6.07, 6.45) is 0. The van der Waals surface area contributed by atoms with Crippen molar-refractivity contribution < 1.29 is 0 Å². The van der Waals surface area contributed by atoms with E-state index >= 15 is 0 Å². The molecule has 0 bridgehead atoms. The molecule has 0 aliphatic carbocycles. The van der Waals surface area contributed by atoms with Crippen LogP contribution in [0.3, 0.4) is 0 Å². The van der Waals surface area contributed by atoms with Gasteiger partial charge >= 0.3 is 0 Å². The zero-order chi connectivity index (χ0) is 11.9. The van der Waals surface area contributed by atoms with Crippen molar-refractivity contribution >= 4 is 27.3 Å². The smallest absolute Gasteiger partial charge is 0.0985 e. The molecule has 1 aromatic heterocycles. The van der Waals surface area contributed by atoms with Crippen molar-refractivity contribution in [2.45, 2.75) is 57.7 Å². The molecule has 1 aromatic rings. The van der Waals surface area contributed by atoms with E-state index in [1.54, 1.807) is 0 Å². The Morgan fingerprint density at radius 1 is 1.07 bits per heavy atom. The van der Waals surface area contributed by atoms with Crippen LogP contribution in [0.4, 0.5) is 0 Å². The molecule has 0 N–H and O–H groups in total. The second kappa shape index (κ2) is 4.17. The maximum atomic E-state index is 4.81. The first kappa shape index (κ1) is 13.2. The number of nitrogens with zero attached hydrogens (tertiary/aromatic N) is 1. The molecule has 0 aliphatic rings. The minimum Gasteiger partial charge on any atom is -0.245 e. The molecule has 1 heterocycles. The molecule has 0 radical (unpaired) electrons. The minimum absolute atomic E-state index is 0.142. The summed E-state index contributed by atoms with van der Waals surface area (Å²) in [5, 5.41) is 2.15. The third-order valence-electron chi connectivity index (χ3n) is 2.17. The van der Waals surface area contributed by atoms with Crippen molar-refractivity contribution in [1.29, 1.82) is 0 Å². The van der Waals surface area contributed by atoms with E-state index in [9.17, 15) is 0 Å². The lowest BCUT2D eigenvalue weighted by molar-refractivity contribution is 0.544. The normalized spacial score (nSPS) is 13.3. The fraction of sp³-hybridized carbons (Fsp3) is 0.750. The quantitative estimate of drug-likeness (QED) is 0.687. The summed E-state index contributed by atoms with van der Waals surface area (Å²) in [6.45, 7) is 13.3. The average molecular weight is 290 g/mol. The number of hydrogen-bond acceptors (Lipinski definition) is 2. The van der Waals surface area contributed by atoms with Gasteiger partial charge in [-0.05, 0) is 0 Å². The Hall–Kier alpha value is 0.110. The second-order valence-electron chi connectivity index (χ2n) is 5.92. The van der Waals surface area contributed by atoms with Gasteiger partial charge in [-0.1, -0.05) is 57.5 Å². The van der Waals surface area contributed by atoms with Gasteiger partial charge < -0.3 is 0 Å². The fourth-order valence-corrected chi connectivity index (χ4v) is 3.14. The van der Waals surface area contributed by atoms with E-state index < -0.39 is 0 Å². The Morgan fingerprint density at radius 3 is 1.87 bits per heavy atom. The van der Waals surface area contributed by atoms with Crippen molar-refractivity contribution in [2.75, 3.05) is 0 Å². The lowest BCUT2D eigenvalue weighted by Gasteiger charge is -2.18. The molecule has 0 spiro atoms. The number of rotatable bonds is 1. The molecule has 86 valence electrons. The van der Waals surface area contributed by atoms with Crippen molar-refractivity contribution in [3.05, 3.63) is 15.6 Å². The van der Waals surface area contributed by atoms with Crippen LogP contribution in [-0.2, 0) is 16.2 Å². The first-order valence-electron chi connectivity index (χ1n) is 5.23. The third kappa shape index (κ3) is 3.04. The van der Waals surface area contributed by atoms with Gasteiger partial charge in [0.15, 0.2) is 0 Å². The third-order valence-corrected chi connectivity index (χ3v) is 4.58. The van der Waals surface area contributed by atoms with E-state index in [0.29, 0.717) is 0 Å². The maximum Gasteiger partial charge on any atom is 0.0985 e. The Kier molecular flexibility index (Phi) is 3.66. The maximum absolute atomic E-state index is 4.81. The Labute approximate surface area is 105 Å². The van der Waals surface area contributed by atoms with Gasteiger partial charge in [0.05, 0.1) is 10.7 Å². The molecular formula is C12H20BrNS. The molecule has 3 heteroatoms. The van der Waals surface area contributed by atoms with Crippen LogP contribution in [-0.4, -0.2) is 4.98 Å². The van der Waals surface area contributed by atoms with Gasteiger partial charge in [-0.25, -0.2) is 4.98 Å². The monoisotopic (exact) mass is 289 g/mol. The minimum atomic E-state index is 0.142. The number of halogens is 1. The first-order valence-corrected chi connectivity index (χ1v) is 7.16. The molecule has 0 aliphatic heterocycles. The number of aromatic nitrogens is 1. The largest absolute Gasteiger partial charge is 0.245 e. The SMILES string of the molecule is CC(C)(C)c1nc(C(C)(C)C)c(CBr)s1. The van der Waals surface area contributed by atoms with Crippen LogP contribution < -0.4 is 0 Å². The summed E-state index contributed by atoms with van der Waals surface area (Å²) < 4.78 is 0. The van der Waals surface area contributed by atoms with E-state index in [2.05, 4.69) is 57.5 Å². The van der Waals surface area contributed by atoms with E-state index in [1.807, 2.05) is 11.3 Å². The van der Waals surface area contributed by atoms with Crippen molar-refractivity contribution in [1.82, 2.24) is 4.98 Å². The number of thiazole rings is 1. The lowest BCUT2D eigenvalue weighted by atomic mass is 9.91. The van der Waals surface area contributed by atoms with Gasteiger partial charge in [0.2, 0.25) is 0 Å². The van der Waals surface area contributed by atoms with Crippen LogP contribution >= 0.6 is 27.3 Å². The molecule has 1 rings (SSSR count). The summed E-state index contributed by atoms with van der Waals surface area (Å²) >= 11 is 5.39. The first-order chi connectivity index (χ1) is 6.66. The van der Waals surface area contributed by atoms with E-state index in [1.165, 1.54) is 15.6 Å². The number of hydrogen-bond donors (Lipinski definition) is 0. The molecule has 15 heavy (non-hydrogen) atoms. The van der Waals surface area contributed by atoms with Crippen LogP contribution in [0.15, 0.2) is 0 Å². The molecule has 0 saturated carbocycles. The average Bonchev–Trinajstić information content (AvgIpc) is 2.44. The summed E-state index contributed by atoms with van der Waals surface area (Å²) in [6, 6.07) is 0.